The number of nitrogens with one attached hydrogen (secondary N) is 2. The van der Waals surface area contributed by atoms with Gasteiger partial charge in [-0.1, -0.05) is 6.07 Å². The molecule has 2 fully saturated rings. The van der Waals surface area contributed by atoms with Gasteiger partial charge in [-0.3, -0.25) is 0 Å². The van der Waals surface area contributed by atoms with Crippen LogP contribution in [0.3, 0.4) is 0 Å². The van der Waals surface area contributed by atoms with E-state index in [9.17, 15) is 9.90 Å². The van der Waals surface area contributed by atoms with Crippen molar-refractivity contribution in [3.05, 3.63) is 18.2 Å². The van der Waals surface area contributed by atoms with E-state index in [-0.39, 0.29) is 6.04 Å². The lowest BCUT2D eigenvalue weighted by atomic mass is 10.1. The number of aromatic nitrogens is 3. The summed E-state index contributed by atoms with van der Waals surface area (Å²) in [5, 5.41) is 17.1. The molecule has 5 N–H and O–H groups in total. The maximum absolute atomic E-state index is 11.6. The van der Waals surface area contributed by atoms with Gasteiger partial charge in [-0.05, 0) is 25.0 Å². The Morgan fingerprint density at radius 1 is 1.27 bits per heavy atom. The molecule has 0 saturated carbocycles. The average Bonchev–Trinajstić information content (AvgIpc) is 3.36. The van der Waals surface area contributed by atoms with Crippen molar-refractivity contribution in [2.75, 3.05) is 75.1 Å². The van der Waals surface area contributed by atoms with Gasteiger partial charge in [-0.2, -0.15) is 9.97 Å². The van der Waals surface area contributed by atoms with Crippen molar-refractivity contribution in [1.82, 2.24) is 19.9 Å². The quantitative estimate of drug-likeness (QED) is 0.341. The predicted molar refractivity (Wildman–Crippen MR) is 144 cm³/mol. The van der Waals surface area contributed by atoms with Crippen LogP contribution in [0.1, 0.15) is 12.8 Å². The first-order valence-electron chi connectivity index (χ1n) is 12.4. The standard InChI is InChI=1S/C24H32N8O4S/c1-35-21-18(22-28-19-16(26-8-7-25)5-2-6-17(19)37-22)20(27-15-4-3-9-32(14-15)24(33)34)29-23(30-21)31-10-12-36-13-11-31/h2,5-6,15,26H,3-4,7-14,25H2,1H3,(H,33,34)(H,27,29,30)/t15-/m1/s1. The highest BCUT2D eigenvalue weighted by Crippen LogP contribution is 2.42. The van der Waals surface area contributed by atoms with Gasteiger partial charge in [0.25, 0.3) is 0 Å². The van der Waals surface area contributed by atoms with Gasteiger partial charge in [-0.15, -0.1) is 11.3 Å². The number of para-hydroxylation sites is 1. The molecule has 12 nitrogen and oxygen atoms in total. The van der Waals surface area contributed by atoms with Gasteiger partial charge in [0.15, 0.2) is 0 Å². The van der Waals surface area contributed by atoms with E-state index in [1.54, 1.807) is 7.11 Å². The summed E-state index contributed by atoms with van der Waals surface area (Å²) in [4.78, 5) is 29.8. The number of nitrogens with two attached hydrogens (primary N) is 1. The molecule has 1 atom stereocenters. The number of nitrogens with zero attached hydrogens (tertiary/aromatic N) is 5. The van der Waals surface area contributed by atoms with Crippen LogP contribution >= 0.6 is 11.3 Å². The lowest BCUT2D eigenvalue weighted by molar-refractivity contribution is 0.122. The smallest absolute Gasteiger partial charge is 0.407 e. The topological polar surface area (TPSA) is 151 Å². The molecule has 2 aliphatic heterocycles. The number of morpholine rings is 1. The Morgan fingerprint density at radius 3 is 2.86 bits per heavy atom. The molecular formula is C24H32N8O4S. The number of benzene rings is 1. The van der Waals surface area contributed by atoms with E-state index in [4.69, 9.17) is 30.2 Å². The van der Waals surface area contributed by atoms with Gasteiger partial charge >= 0.3 is 6.09 Å². The van der Waals surface area contributed by atoms with E-state index in [1.165, 1.54) is 16.2 Å². The number of likely N-dealkylation sites (tertiary alicyclic amines) is 1. The predicted octanol–water partition coefficient (Wildman–Crippen LogP) is 2.52. The van der Waals surface area contributed by atoms with Crippen LogP contribution in [0.4, 0.5) is 22.2 Å². The van der Waals surface area contributed by atoms with Gasteiger partial charge in [0.2, 0.25) is 11.8 Å². The molecule has 0 bridgehead atoms. The van der Waals surface area contributed by atoms with Crippen LogP contribution in [-0.2, 0) is 4.74 Å². The number of hydrogen-bond acceptors (Lipinski definition) is 11. The third kappa shape index (κ3) is 5.48. The Balaban J connectivity index is 1.58. The highest BCUT2D eigenvalue weighted by molar-refractivity contribution is 7.21. The number of ether oxygens (including phenoxy) is 2. The fraction of sp³-hybridized carbons (Fsp3) is 0.500. The number of anilines is 3. The van der Waals surface area contributed by atoms with Crippen molar-refractivity contribution in [3.63, 3.8) is 0 Å². The van der Waals surface area contributed by atoms with Crippen molar-refractivity contribution in [2.45, 2.75) is 18.9 Å². The second kappa shape index (κ2) is 11.3. The Kier molecular flexibility index (Phi) is 7.72. The fourth-order valence-electron chi connectivity index (χ4n) is 4.65. The zero-order valence-electron chi connectivity index (χ0n) is 20.8. The number of methoxy groups -OCH3 is 1. The van der Waals surface area contributed by atoms with E-state index >= 15 is 0 Å². The van der Waals surface area contributed by atoms with Crippen LogP contribution in [0.5, 0.6) is 5.88 Å². The SMILES string of the molecule is COc1nc(N2CCOCC2)nc(N[C@@H]2CCCN(C(=O)O)C2)c1-c1nc2c(NCCN)cccc2s1. The van der Waals surface area contributed by atoms with E-state index < -0.39 is 6.09 Å². The third-order valence-corrected chi connectivity index (χ3v) is 7.51. The van der Waals surface area contributed by atoms with Crippen LogP contribution < -0.4 is 26.0 Å². The lowest BCUT2D eigenvalue weighted by Crippen LogP contribution is -2.44. The molecule has 37 heavy (non-hydrogen) atoms. The van der Waals surface area contributed by atoms with Crippen LogP contribution in [0.2, 0.25) is 0 Å². The minimum Gasteiger partial charge on any atom is -0.480 e. The Labute approximate surface area is 218 Å². The molecule has 0 unspecified atom stereocenters. The van der Waals surface area contributed by atoms with Crippen molar-refractivity contribution in [3.8, 4) is 16.5 Å². The molecule has 0 radical (unpaired) electrons. The second-order valence-electron chi connectivity index (χ2n) is 8.95. The molecule has 2 aliphatic rings. The number of thiazole rings is 1. The van der Waals surface area contributed by atoms with Gasteiger partial charge in [0.05, 0.1) is 30.7 Å². The summed E-state index contributed by atoms with van der Waals surface area (Å²) < 4.78 is 12.3. The van der Waals surface area contributed by atoms with Gasteiger partial charge in [-0.25, -0.2) is 9.78 Å². The largest absolute Gasteiger partial charge is 0.480 e. The van der Waals surface area contributed by atoms with Gasteiger partial charge < -0.3 is 40.7 Å². The van der Waals surface area contributed by atoms with Crippen LogP contribution in [0, 0.1) is 0 Å². The number of piperidine rings is 1. The van der Waals surface area contributed by atoms with E-state index in [1.807, 2.05) is 18.2 Å². The molecule has 198 valence electrons. The molecule has 0 aliphatic carbocycles. The maximum atomic E-state index is 11.6. The summed E-state index contributed by atoms with van der Waals surface area (Å²) in [7, 11) is 1.59. The zero-order valence-corrected chi connectivity index (χ0v) is 21.6. The number of carboxylic acid groups (broad SMARTS) is 1. The first-order valence-corrected chi connectivity index (χ1v) is 13.3. The van der Waals surface area contributed by atoms with E-state index in [0.717, 1.165) is 33.8 Å². The van der Waals surface area contributed by atoms with Crippen molar-refractivity contribution in [2.24, 2.45) is 5.73 Å². The third-order valence-electron chi connectivity index (χ3n) is 6.48. The van der Waals surface area contributed by atoms with Crippen LogP contribution in [-0.4, -0.2) is 96.7 Å². The second-order valence-corrected chi connectivity index (χ2v) is 9.99. The average molecular weight is 529 g/mol. The van der Waals surface area contributed by atoms with Crippen molar-refractivity contribution >= 4 is 45.1 Å². The highest BCUT2D eigenvalue weighted by Gasteiger charge is 2.28. The molecular weight excluding hydrogens is 496 g/mol. The summed E-state index contributed by atoms with van der Waals surface area (Å²) in [5.41, 5.74) is 8.11. The summed E-state index contributed by atoms with van der Waals surface area (Å²) >= 11 is 1.53. The van der Waals surface area contributed by atoms with Crippen LogP contribution in [0.15, 0.2) is 18.2 Å². The fourth-order valence-corrected chi connectivity index (χ4v) is 5.68. The number of hydrogen-bond donors (Lipinski definition) is 4. The van der Waals surface area contributed by atoms with E-state index in [2.05, 4.69) is 15.5 Å². The molecule has 13 heteroatoms. The van der Waals surface area contributed by atoms with Gasteiger partial charge in [0, 0.05) is 45.3 Å². The molecule has 1 aromatic carbocycles. The van der Waals surface area contributed by atoms with Gasteiger partial charge in [0.1, 0.15) is 21.9 Å². The summed E-state index contributed by atoms with van der Waals surface area (Å²) in [6.07, 6.45) is 0.689. The van der Waals surface area contributed by atoms with Crippen molar-refractivity contribution in [1.29, 1.82) is 0 Å². The van der Waals surface area contributed by atoms with Crippen molar-refractivity contribution < 1.29 is 19.4 Å². The minimum absolute atomic E-state index is 0.100. The monoisotopic (exact) mass is 528 g/mol. The minimum atomic E-state index is -0.912. The number of carbonyl (C=O) groups is 1. The first-order chi connectivity index (χ1) is 18.1. The highest BCUT2D eigenvalue weighted by atomic mass is 32.1. The zero-order chi connectivity index (χ0) is 25.8. The molecule has 3 aromatic rings. The molecule has 4 heterocycles. The molecule has 1 amide bonds. The summed E-state index contributed by atoms with van der Waals surface area (Å²) in [5.74, 6) is 1.55. The molecule has 2 saturated heterocycles. The maximum Gasteiger partial charge on any atom is 0.407 e. The molecule has 2 aromatic heterocycles. The lowest BCUT2D eigenvalue weighted by Gasteiger charge is -2.32. The summed E-state index contributed by atoms with van der Waals surface area (Å²) in [6, 6.07) is 5.90. The summed E-state index contributed by atoms with van der Waals surface area (Å²) in [6.45, 7) is 4.61. The normalized spacial score (nSPS) is 18.2. The molecule has 5 rings (SSSR count). The Bertz CT molecular complexity index is 1250. The number of amides is 1. The Hall–Kier alpha value is -3.42. The van der Waals surface area contributed by atoms with E-state index in [0.29, 0.717) is 75.7 Å². The number of rotatable bonds is 8. The van der Waals surface area contributed by atoms with Crippen LogP contribution in [0.25, 0.3) is 20.8 Å². The molecule has 0 spiro atoms. The Morgan fingerprint density at radius 2 is 2.11 bits per heavy atom. The number of fused-ring (bicyclic) bond motifs is 1. The first kappa shape index (κ1) is 25.2.